The van der Waals surface area contributed by atoms with Crippen molar-refractivity contribution in [1.29, 1.82) is 0 Å². The van der Waals surface area contributed by atoms with E-state index in [2.05, 4.69) is 0 Å². The monoisotopic (exact) mass is 348 g/mol. The summed E-state index contributed by atoms with van der Waals surface area (Å²) in [4.78, 5) is 35.4. The number of nitrogens with zero attached hydrogens (tertiary/aromatic N) is 1. The molecule has 1 unspecified atom stereocenters. The van der Waals surface area contributed by atoms with Crippen LogP contribution in [0.2, 0.25) is 0 Å². The molecule has 1 fully saturated rings. The Morgan fingerprint density at radius 3 is 2.24 bits per heavy atom. The van der Waals surface area contributed by atoms with E-state index in [0.717, 1.165) is 24.0 Å². The van der Waals surface area contributed by atoms with Gasteiger partial charge in [0.15, 0.2) is 6.04 Å². The molecule has 0 bridgehead atoms. The maximum Gasteiger partial charge on any atom is 0.329 e. The summed E-state index contributed by atoms with van der Waals surface area (Å²) in [7, 11) is 0. The van der Waals surface area contributed by atoms with Gasteiger partial charge in [-0.15, -0.1) is 0 Å². The van der Waals surface area contributed by atoms with Crippen LogP contribution < -0.4 is 5.73 Å². The van der Waals surface area contributed by atoms with E-state index in [9.17, 15) is 24.7 Å². The van der Waals surface area contributed by atoms with Crippen LogP contribution in [0.1, 0.15) is 49.7 Å². The Hall–Kier alpha value is -2.41. The first-order valence-corrected chi connectivity index (χ1v) is 8.39. The third-order valence-corrected chi connectivity index (χ3v) is 4.92. The molecule has 2 rings (SSSR count). The number of rotatable bonds is 7. The second-order valence-electron chi connectivity index (χ2n) is 6.66. The average Bonchev–Trinajstić information content (AvgIpc) is 3.05. The van der Waals surface area contributed by atoms with Crippen molar-refractivity contribution in [2.75, 3.05) is 0 Å². The molecule has 0 saturated heterocycles. The van der Waals surface area contributed by atoms with Crippen molar-refractivity contribution in [1.82, 2.24) is 5.06 Å². The van der Waals surface area contributed by atoms with Crippen molar-refractivity contribution in [2.24, 2.45) is 5.73 Å². The quantitative estimate of drug-likeness (QED) is 0.512. The molecular formula is C18H24N2O5. The Labute approximate surface area is 146 Å². The van der Waals surface area contributed by atoms with E-state index in [1.165, 1.54) is 0 Å². The molecule has 1 aliphatic carbocycles. The molecule has 2 amide bonds. The molecule has 7 heteroatoms. The molecule has 1 aromatic carbocycles. The number of nitrogens with two attached hydrogens (primary N) is 1. The lowest BCUT2D eigenvalue weighted by molar-refractivity contribution is -0.191. The molecule has 1 aromatic rings. The fourth-order valence-electron chi connectivity index (χ4n) is 3.47. The third-order valence-electron chi connectivity index (χ3n) is 4.92. The van der Waals surface area contributed by atoms with Gasteiger partial charge in [-0.3, -0.25) is 14.8 Å². The fourth-order valence-corrected chi connectivity index (χ4v) is 3.47. The summed E-state index contributed by atoms with van der Waals surface area (Å²) in [6, 6.07) is 6.00. The van der Waals surface area contributed by atoms with Crippen molar-refractivity contribution in [2.45, 2.75) is 56.9 Å². The number of carbonyl (C=O) groups excluding carboxylic acids is 2. The van der Waals surface area contributed by atoms with E-state index in [1.807, 2.05) is 31.2 Å². The highest BCUT2D eigenvalue weighted by atomic mass is 16.5. The largest absolute Gasteiger partial charge is 0.480 e. The number of carbonyl (C=O) groups is 3. The zero-order valence-electron chi connectivity index (χ0n) is 14.3. The summed E-state index contributed by atoms with van der Waals surface area (Å²) < 4.78 is 0. The summed E-state index contributed by atoms with van der Waals surface area (Å²) >= 11 is 0. The number of aliphatic carboxylic acids is 1. The SMILES string of the molecule is Cc1ccc(C2(C(=O)N(O)C(CCC(N)=O)C(=O)O)CCCC2)cc1. The summed E-state index contributed by atoms with van der Waals surface area (Å²) in [5, 5.41) is 20.0. The van der Waals surface area contributed by atoms with Gasteiger partial charge in [-0.2, -0.15) is 0 Å². The molecule has 4 N–H and O–H groups in total. The number of benzene rings is 1. The maximum atomic E-state index is 13.0. The highest BCUT2D eigenvalue weighted by molar-refractivity contribution is 5.91. The third kappa shape index (κ3) is 3.99. The van der Waals surface area contributed by atoms with Gasteiger partial charge >= 0.3 is 5.97 Å². The van der Waals surface area contributed by atoms with E-state index in [-0.39, 0.29) is 17.9 Å². The number of carboxylic acids is 1. The van der Waals surface area contributed by atoms with Gasteiger partial charge in [0, 0.05) is 6.42 Å². The Kier molecular flexibility index (Phi) is 5.79. The summed E-state index contributed by atoms with van der Waals surface area (Å²) in [5.41, 5.74) is 5.95. The molecule has 0 spiro atoms. The molecule has 7 nitrogen and oxygen atoms in total. The average molecular weight is 348 g/mol. The molecule has 0 heterocycles. The van der Waals surface area contributed by atoms with Gasteiger partial charge in [0.1, 0.15) is 0 Å². The first-order valence-electron chi connectivity index (χ1n) is 8.39. The van der Waals surface area contributed by atoms with Gasteiger partial charge in [0.25, 0.3) is 5.91 Å². The van der Waals surface area contributed by atoms with E-state index < -0.39 is 29.2 Å². The number of hydrogen-bond donors (Lipinski definition) is 3. The topological polar surface area (TPSA) is 121 Å². The van der Waals surface area contributed by atoms with Gasteiger partial charge in [0.05, 0.1) is 5.41 Å². The van der Waals surface area contributed by atoms with Gasteiger partial charge in [-0.1, -0.05) is 42.7 Å². The Morgan fingerprint density at radius 1 is 1.20 bits per heavy atom. The number of carboxylic acid groups (broad SMARTS) is 1. The van der Waals surface area contributed by atoms with Crippen LogP contribution in [-0.4, -0.2) is 39.2 Å². The van der Waals surface area contributed by atoms with E-state index in [1.54, 1.807) is 0 Å². The minimum atomic E-state index is -1.50. The van der Waals surface area contributed by atoms with Crippen LogP contribution in [0, 0.1) is 6.92 Å². The molecule has 1 saturated carbocycles. The lowest BCUT2D eigenvalue weighted by atomic mass is 9.77. The lowest BCUT2D eigenvalue weighted by Gasteiger charge is -2.34. The highest BCUT2D eigenvalue weighted by Gasteiger charge is 2.47. The van der Waals surface area contributed by atoms with Crippen molar-refractivity contribution < 1.29 is 24.7 Å². The molecular weight excluding hydrogens is 324 g/mol. The Morgan fingerprint density at radius 2 is 1.76 bits per heavy atom. The first kappa shape index (κ1) is 18.9. The number of amides is 2. The van der Waals surface area contributed by atoms with E-state index >= 15 is 0 Å². The zero-order chi connectivity index (χ0) is 18.6. The number of aryl methyl sites for hydroxylation is 1. The predicted octanol–water partition coefficient (Wildman–Crippen LogP) is 1.74. The number of hydrogen-bond acceptors (Lipinski definition) is 4. The van der Waals surface area contributed by atoms with E-state index in [4.69, 9.17) is 5.73 Å². The second-order valence-corrected chi connectivity index (χ2v) is 6.66. The van der Waals surface area contributed by atoms with Crippen molar-refractivity contribution in [3.63, 3.8) is 0 Å². The summed E-state index contributed by atoms with van der Waals surface area (Å²) in [6.45, 7) is 1.94. The number of primary amides is 1. The standard InChI is InChI=1S/C18H24N2O5/c1-12-4-6-13(7-5-12)18(10-2-3-11-18)17(24)20(25)14(16(22)23)8-9-15(19)21/h4-7,14,25H,2-3,8-11H2,1H3,(H2,19,21)(H,22,23). The van der Waals surface area contributed by atoms with Gasteiger partial charge in [-0.25, -0.2) is 9.86 Å². The van der Waals surface area contributed by atoms with Crippen molar-refractivity contribution >= 4 is 17.8 Å². The summed E-state index contributed by atoms with van der Waals surface area (Å²) in [6.07, 6.45) is 2.30. The lowest BCUT2D eigenvalue weighted by Crippen LogP contribution is -2.51. The normalized spacial score (nSPS) is 17.0. The van der Waals surface area contributed by atoms with Crippen LogP contribution in [0.4, 0.5) is 0 Å². The Balaban J connectivity index is 2.30. The van der Waals surface area contributed by atoms with Crippen molar-refractivity contribution in [3.05, 3.63) is 35.4 Å². The van der Waals surface area contributed by atoms with Crippen LogP contribution in [0.5, 0.6) is 0 Å². The van der Waals surface area contributed by atoms with E-state index in [0.29, 0.717) is 12.8 Å². The maximum absolute atomic E-state index is 13.0. The van der Waals surface area contributed by atoms with Crippen LogP contribution >= 0.6 is 0 Å². The second kappa shape index (κ2) is 7.65. The number of hydroxylamine groups is 2. The molecule has 0 aliphatic heterocycles. The van der Waals surface area contributed by atoms with Gasteiger partial charge < -0.3 is 10.8 Å². The molecule has 136 valence electrons. The molecule has 0 radical (unpaired) electrons. The molecule has 25 heavy (non-hydrogen) atoms. The smallest absolute Gasteiger partial charge is 0.329 e. The minimum absolute atomic E-state index is 0.223. The molecule has 1 aliphatic rings. The highest BCUT2D eigenvalue weighted by Crippen LogP contribution is 2.43. The zero-order valence-corrected chi connectivity index (χ0v) is 14.3. The van der Waals surface area contributed by atoms with Crippen LogP contribution in [0.15, 0.2) is 24.3 Å². The Bertz CT molecular complexity index is 650. The predicted molar refractivity (Wildman–Crippen MR) is 89.8 cm³/mol. The minimum Gasteiger partial charge on any atom is -0.480 e. The van der Waals surface area contributed by atoms with Gasteiger partial charge in [0.2, 0.25) is 5.91 Å². The first-order chi connectivity index (χ1) is 11.8. The van der Waals surface area contributed by atoms with Crippen LogP contribution in [-0.2, 0) is 19.8 Å². The van der Waals surface area contributed by atoms with Crippen LogP contribution in [0.25, 0.3) is 0 Å². The fraction of sp³-hybridized carbons (Fsp3) is 0.500. The molecule has 0 aromatic heterocycles. The van der Waals surface area contributed by atoms with Crippen molar-refractivity contribution in [3.8, 4) is 0 Å². The molecule has 1 atom stereocenters. The van der Waals surface area contributed by atoms with Gasteiger partial charge in [-0.05, 0) is 31.7 Å². The summed E-state index contributed by atoms with van der Waals surface area (Å²) in [5.74, 6) is -2.68. The van der Waals surface area contributed by atoms with Crippen LogP contribution in [0.3, 0.4) is 0 Å².